The Morgan fingerprint density at radius 3 is 2.66 bits per heavy atom. The van der Waals surface area contributed by atoms with E-state index in [9.17, 15) is 19.2 Å². The molecule has 1 saturated heterocycles. The number of aldehydes is 1. The summed E-state index contributed by atoms with van der Waals surface area (Å²) in [5.74, 6) is -0.286. The summed E-state index contributed by atoms with van der Waals surface area (Å²) >= 11 is 0. The van der Waals surface area contributed by atoms with Crippen molar-refractivity contribution in [2.45, 2.75) is 38.5 Å². The maximum absolute atomic E-state index is 12.8. The predicted octanol–water partition coefficient (Wildman–Crippen LogP) is 2.23. The van der Waals surface area contributed by atoms with Gasteiger partial charge in [-0.2, -0.15) is 0 Å². The van der Waals surface area contributed by atoms with E-state index in [2.05, 4.69) is 5.32 Å². The maximum Gasteiger partial charge on any atom is 0.255 e. The lowest BCUT2D eigenvalue weighted by molar-refractivity contribution is -0.132. The zero-order chi connectivity index (χ0) is 20.4. The van der Waals surface area contributed by atoms with Gasteiger partial charge in [-0.05, 0) is 42.2 Å². The molecule has 3 amide bonds. The maximum atomic E-state index is 12.8. The number of hydrogen-bond acceptors (Lipinski definition) is 5. The highest BCUT2D eigenvalue weighted by Gasteiger charge is 2.37. The number of carbonyl (C=O) groups excluding carboxylic acids is 4. The predicted molar refractivity (Wildman–Crippen MR) is 103 cm³/mol. The quantitative estimate of drug-likeness (QED) is 0.622. The van der Waals surface area contributed by atoms with Gasteiger partial charge in [0, 0.05) is 24.1 Å². The summed E-state index contributed by atoms with van der Waals surface area (Å²) in [6.45, 7) is 0.647. The minimum Gasteiger partial charge on any atom is -0.489 e. The first-order valence-electron chi connectivity index (χ1n) is 9.49. The average Bonchev–Trinajstić information content (AvgIpc) is 2.94. The van der Waals surface area contributed by atoms with Crippen LogP contribution in [-0.4, -0.2) is 34.9 Å². The summed E-state index contributed by atoms with van der Waals surface area (Å²) in [4.78, 5) is 48.9. The standard InChI is InChI=1S/C22H20N2O5/c25-12-14-4-6-15(7-5-14)13-29-17-8-9-18-16(10-17)11-24(22(18)28)19-2-1-3-20(26)23-21(19)27/h4-10,12,19H,1-3,11,13H2,(H,23,26,27). The van der Waals surface area contributed by atoms with Crippen LogP contribution >= 0.6 is 0 Å². The lowest BCUT2D eigenvalue weighted by atomic mass is 10.1. The van der Waals surface area contributed by atoms with E-state index in [0.717, 1.165) is 17.4 Å². The van der Waals surface area contributed by atoms with Crippen LogP contribution in [0.5, 0.6) is 5.75 Å². The molecule has 1 N–H and O–H groups in total. The largest absolute Gasteiger partial charge is 0.489 e. The Bertz CT molecular complexity index is 983. The molecule has 4 rings (SSSR count). The van der Waals surface area contributed by atoms with Crippen LogP contribution in [0.15, 0.2) is 42.5 Å². The molecule has 0 spiro atoms. The molecule has 0 aliphatic carbocycles. The molecular formula is C22H20N2O5. The molecule has 7 nitrogen and oxygen atoms in total. The first-order valence-corrected chi connectivity index (χ1v) is 9.49. The summed E-state index contributed by atoms with van der Waals surface area (Å²) in [5.41, 5.74) is 2.88. The fourth-order valence-corrected chi connectivity index (χ4v) is 3.69. The van der Waals surface area contributed by atoms with Gasteiger partial charge in [-0.3, -0.25) is 24.5 Å². The number of ether oxygens (including phenoxy) is 1. The van der Waals surface area contributed by atoms with Gasteiger partial charge in [0.25, 0.3) is 5.91 Å². The van der Waals surface area contributed by atoms with Crippen molar-refractivity contribution in [3.63, 3.8) is 0 Å². The summed E-state index contributed by atoms with van der Waals surface area (Å²) in [6, 6.07) is 11.7. The fourth-order valence-electron chi connectivity index (χ4n) is 3.69. The Morgan fingerprint density at radius 1 is 1.10 bits per heavy atom. The van der Waals surface area contributed by atoms with Crippen LogP contribution in [0.1, 0.15) is 51.1 Å². The molecule has 148 valence electrons. The highest BCUT2D eigenvalue weighted by Crippen LogP contribution is 2.30. The number of hydrogen-bond donors (Lipinski definition) is 1. The minimum atomic E-state index is -0.637. The lowest BCUT2D eigenvalue weighted by Gasteiger charge is -2.24. The third-order valence-corrected chi connectivity index (χ3v) is 5.25. The van der Waals surface area contributed by atoms with E-state index in [4.69, 9.17) is 4.74 Å². The summed E-state index contributed by atoms with van der Waals surface area (Å²) in [6.07, 6.45) is 2.12. The molecule has 1 fully saturated rings. The van der Waals surface area contributed by atoms with Gasteiger partial charge in [0.15, 0.2) is 0 Å². The van der Waals surface area contributed by atoms with Crippen molar-refractivity contribution in [1.29, 1.82) is 0 Å². The van der Waals surface area contributed by atoms with E-state index < -0.39 is 11.9 Å². The van der Waals surface area contributed by atoms with E-state index in [1.54, 1.807) is 24.3 Å². The number of fused-ring (bicyclic) bond motifs is 1. The van der Waals surface area contributed by atoms with Crippen LogP contribution in [0.2, 0.25) is 0 Å². The highest BCUT2D eigenvalue weighted by molar-refractivity contribution is 6.04. The Hall–Kier alpha value is -3.48. The van der Waals surface area contributed by atoms with Gasteiger partial charge in [-0.15, -0.1) is 0 Å². The van der Waals surface area contributed by atoms with E-state index in [1.165, 1.54) is 4.90 Å². The molecule has 1 unspecified atom stereocenters. The fraction of sp³-hybridized carbons (Fsp3) is 0.273. The first-order chi connectivity index (χ1) is 14.0. The van der Waals surface area contributed by atoms with Crippen molar-refractivity contribution in [3.05, 3.63) is 64.7 Å². The number of amides is 3. The minimum absolute atomic E-state index is 0.203. The van der Waals surface area contributed by atoms with Crippen LogP contribution in [0.3, 0.4) is 0 Å². The zero-order valence-corrected chi connectivity index (χ0v) is 15.7. The SMILES string of the molecule is O=Cc1ccc(COc2ccc3c(c2)CN(C2CCCC(=O)NC2=O)C3=O)cc1. The molecular weight excluding hydrogens is 372 g/mol. The van der Waals surface area contributed by atoms with Crippen LogP contribution in [0.4, 0.5) is 0 Å². The Kier molecular flexibility index (Phi) is 5.12. The topological polar surface area (TPSA) is 92.8 Å². The van der Waals surface area contributed by atoms with Gasteiger partial charge >= 0.3 is 0 Å². The van der Waals surface area contributed by atoms with Crippen LogP contribution in [0.25, 0.3) is 0 Å². The smallest absolute Gasteiger partial charge is 0.255 e. The van der Waals surface area contributed by atoms with Crippen molar-refractivity contribution in [3.8, 4) is 5.75 Å². The summed E-state index contributed by atoms with van der Waals surface area (Å²) in [5, 5.41) is 2.36. The number of rotatable bonds is 5. The van der Waals surface area contributed by atoms with Crippen molar-refractivity contribution >= 4 is 24.0 Å². The molecule has 1 atom stereocenters. The average molecular weight is 392 g/mol. The first kappa shape index (κ1) is 18.9. The monoisotopic (exact) mass is 392 g/mol. The van der Waals surface area contributed by atoms with Crippen molar-refractivity contribution in [2.24, 2.45) is 0 Å². The Morgan fingerprint density at radius 2 is 1.90 bits per heavy atom. The molecule has 0 bridgehead atoms. The third kappa shape index (κ3) is 3.89. The molecule has 29 heavy (non-hydrogen) atoms. The zero-order valence-electron chi connectivity index (χ0n) is 15.7. The number of nitrogens with one attached hydrogen (secondary N) is 1. The second kappa shape index (κ2) is 7.87. The van der Waals surface area contributed by atoms with Crippen LogP contribution in [-0.2, 0) is 22.7 Å². The number of benzene rings is 2. The second-order valence-corrected chi connectivity index (χ2v) is 7.22. The summed E-state index contributed by atoms with van der Waals surface area (Å²) in [7, 11) is 0. The van der Waals surface area contributed by atoms with Gasteiger partial charge in [0.2, 0.25) is 11.8 Å². The lowest BCUT2D eigenvalue weighted by Crippen LogP contribution is -2.46. The number of carbonyl (C=O) groups is 4. The Balaban J connectivity index is 1.46. The molecule has 7 heteroatoms. The third-order valence-electron chi connectivity index (χ3n) is 5.25. The van der Waals surface area contributed by atoms with Gasteiger partial charge in [0.1, 0.15) is 24.7 Å². The highest BCUT2D eigenvalue weighted by atomic mass is 16.5. The molecule has 0 radical (unpaired) electrons. The van der Waals surface area contributed by atoms with E-state index in [-0.39, 0.29) is 11.8 Å². The molecule has 2 aromatic rings. The van der Waals surface area contributed by atoms with Crippen molar-refractivity contribution in [1.82, 2.24) is 10.2 Å². The molecule has 0 saturated carbocycles. The van der Waals surface area contributed by atoms with Crippen LogP contribution < -0.4 is 10.1 Å². The molecule has 2 aliphatic heterocycles. The molecule has 2 heterocycles. The number of nitrogens with zero attached hydrogens (tertiary/aromatic N) is 1. The molecule has 0 aromatic heterocycles. The Labute approximate surface area is 167 Å². The van der Waals surface area contributed by atoms with Gasteiger partial charge in [0.05, 0.1) is 0 Å². The van der Waals surface area contributed by atoms with E-state index >= 15 is 0 Å². The normalized spacial score (nSPS) is 18.8. The van der Waals surface area contributed by atoms with Crippen molar-refractivity contribution < 1.29 is 23.9 Å². The van der Waals surface area contributed by atoms with E-state index in [0.29, 0.717) is 49.3 Å². The summed E-state index contributed by atoms with van der Waals surface area (Å²) < 4.78 is 5.82. The second-order valence-electron chi connectivity index (χ2n) is 7.22. The van der Waals surface area contributed by atoms with E-state index in [1.807, 2.05) is 18.2 Å². The van der Waals surface area contributed by atoms with Gasteiger partial charge < -0.3 is 9.64 Å². The molecule has 2 aliphatic rings. The van der Waals surface area contributed by atoms with Gasteiger partial charge in [-0.1, -0.05) is 24.3 Å². The van der Waals surface area contributed by atoms with Crippen LogP contribution in [0, 0.1) is 0 Å². The molecule has 2 aromatic carbocycles. The van der Waals surface area contributed by atoms with Crippen molar-refractivity contribution in [2.75, 3.05) is 0 Å². The van der Waals surface area contributed by atoms with Gasteiger partial charge in [-0.25, -0.2) is 0 Å². The number of imide groups is 1.